The third-order valence-corrected chi connectivity index (χ3v) is 6.79. The molecule has 3 amide bonds. The number of anilines is 1. The average Bonchev–Trinajstić information content (AvgIpc) is 3.39. The van der Waals surface area contributed by atoms with E-state index in [1.165, 1.54) is 0 Å². The van der Waals surface area contributed by atoms with Gasteiger partial charge in [0.2, 0.25) is 17.7 Å². The highest BCUT2D eigenvalue weighted by molar-refractivity contribution is 5.97. The number of benzene rings is 1. The molecule has 2 aromatic rings. The minimum absolute atomic E-state index is 0.00465. The van der Waals surface area contributed by atoms with Gasteiger partial charge in [-0.25, -0.2) is 13.2 Å². The normalized spacial score (nSPS) is 22.7. The molecule has 2 atom stereocenters. The molecule has 0 radical (unpaired) electrons. The molecule has 5 rings (SSSR count). The number of fused-ring (bicyclic) bond motifs is 1. The molecule has 0 bridgehead atoms. The predicted octanol–water partition coefficient (Wildman–Crippen LogP) is 1.24. The number of carbonyl (C=O) groups is 3. The molecule has 3 aliphatic heterocycles. The van der Waals surface area contributed by atoms with E-state index < -0.39 is 17.5 Å². The fraction of sp³-hybridized carbons (Fsp3) is 0.478. The lowest BCUT2D eigenvalue weighted by molar-refractivity contribution is -0.145. The molecule has 9 nitrogen and oxygen atoms in total. The molecule has 2 fully saturated rings. The number of hydrogen-bond donors (Lipinski definition) is 0. The summed E-state index contributed by atoms with van der Waals surface area (Å²) < 4.78 is 47.4. The minimum atomic E-state index is -1.58. The fourth-order valence-corrected chi connectivity index (χ4v) is 4.98. The van der Waals surface area contributed by atoms with Crippen LogP contribution in [0, 0.1) is 17.5 Å². The monoisotopic (exact) mass is 491 g/mol. The van der Waals surface area contributed by atoms with E-state index >= 15 is 0 Å². The number of nitrogens with zero attached hydrogens (tertiary/aromatic N) is 5. The topological polar surface area (TPSA) is 88.0 Å². The molecule has 12 heteroatoms. The van der Waals surface area contributed by atoms with Crippen molar-refractivity contribution in [3.8, 4) is 0 Å². The average molecular weight is 491 g/mol. The van der Waals surface area contributed by atoms with Crippen LogP contribution < -0.4 is 4.90 Å². The summed E-state index contributed by atoms with van der Waals surface area (Å²) >= 11 is 0. The van der Waals surface area contributed by atoms with Gasteiger partial charge in [0.05, 0.1) is 49.7 Å². The number of carbonyl (C=O) groups excluding carboxylic acids is 3. The molecule has 2 saturated heterocycles. The number of hydrogen-bond acceptors (Lipinski definition) is 5. The van der Waals surface area contributed by atoms with Crippen molar-refractivity contribution in [3.05, 3.63) is 47.0 Å². The van der Waals surface area contributed by atoms with Gasteiger partial charge in [-0.1, -0.05) is 0 Å². The standard InChI is InChI=1S/C23H24F3N5O4/c1-13-9-31-19(11-29(13)20(32)6-14-4-16(24)23(26)17(25)5-14)18(8-27-31)30-10-15(7-21(30)33)28-2-3-35-12-22(28)34/h4-5,8,13,15H,2-3,6-7,9-12H2,1H3/t13-,15?/m0/s1. The summed E-state index contributed by atoms with van der Waals surface area (Å²) in [6.45, 7) is 3.53. The molecular formula is C23H24F3N5O4. The highest BCUT2D eigenvalue weighted by Crippen LogP contribution is 2.32. The Hall–Kier alpha value is -3.41. The molecular weight excluding hydrogens is 467 g/mol. The van der Waals surface area contributed by atoms with Gasteiger partial charge in [-0.05, 0) is 24.6 Å². The van der Waals surface area contributed by atoms with Crippen LogP contribution in [0.25, 0.3) is 0 Å². The SMILES string of the molecule is C[C@H]1Cn2ncc(N3CC(N4CCOCC4=O)CC3=O)c2CN1C(=O)Cc1cc(F)c(F)c(F)c1. The summed E-state index contributed by atoms with van der Waals surface area (Å²) in [4.78, 5) is 42.9. The number of rotatable bonds is 4. The van der Waals surface area contributed by atoms with Gasteiger partial charge in [0.1, 0.15) is 6.61 Å². The van der Waals surface area contributed by atoms with Gasteiger partial charge in [-0.3, -0.25) is 19.1 Å². The summed E-state index contributed by atoms with van der Waals surface area (Å²) in [5.74, 6) is -4.94. The van der Waals surface area contributed by atoms with E-state index in [2.05, 4.69) is 5.10 Å². The third-order valence-electron chi connectivity index (χ3n) is 6.79. The maximum Gasteiger partial charge on any atom is 0.248 e. The lowest BCUT2D eigenvalue weighted by atomic mass is 10.1. The quantitative estimate of drug-likeness (QED) is 0.601. The van der Waals surface area contributed by atoms with E-state index in [0.29, 0.717) is 37.6 Å². The molecule has 0 N–H and O–H groups in total. The Morgan fingerprint density at radius 2 is 1.89 bits per heavy atom. The van der Waals surface area contributed by atoms with Crippen molar-refractivity contribution in [1.82, 2.24) is 19.6 Å². The van der Waals surface area contributed by atoms with E-state index in [1.807, 2.05) is 6.92 Å². The second-order valence-corrected chi connectivity index (χ2v) is 9.08. The first-order valence-corrected chi connectivity index (χ1v) is 11.4. The van der Waals surface area contributed by atoms with Gasteiger partial charge < -0.3 is 19.4 Å². The lowest BCUT2D eigenvalue weighted by Crippen LogP contribution is -2.48. The van der Waals surface area contributed by atoms with Gasteiger partial charge in [0.25, 0.3) is 0 Å². The van der Waals surface area contributed by atoms with E-state index in [4.69, 9.17) is 4.74 Å². The van der Waals surface area contributed by atoms with Gasteiger partial charge in [-0.2, -0.15) is 5.10 Å². The smallest absolute Gasteiger partial charge is 0.248 e. The number of ether oxygens (including phenoxy) is 1. The lowest BCUT2D eigenvalue weighted by Gasteiger charge is -2.35. The first kappa shape index (κ1) is 23.3. The molecule has 3 aliphatic rings. The zero-order valence-corrected chi connectivity index (χ0v) is 19.0. The summed E-state index contributed by atoms with van der Waals surface area (Å²) in [5, 5.41) is 4.39. The highest BCUT2D eigenvalue weighted by Gasteiger charge is 2.40. The summed E-state index contributed by atoms with van der Waals surface area (Å²) in [5.41, 5.74) is 1.27. The molecule has 1 aromatic heterocycles. The maximum atomic E-state index is 13.6. The van der Waals surface area contributed by atoms with Crippen molar-refractivity contribution in [1.29, 1.82) is 0 Å². The Kier molecular flexibility index (Phi) is 5.99. The molecule has 35 heavy (non-hydrogen) atoms. The largest absolute Gasteiger partial charge is 0.370 e. The van der Waals surface area contributed by atoms with Crippen LogP contribution in [0.4, 0.5) is 18.9 Å². The second-order valence-electron chi connectivity index (χ2n) is 9.08. The summed E-state index contributed by atoms with van der Waals surface area (Å²) in [6, 6.07) is 1.11. The van der Waals surface area contributed by atoms with Crippen LogP contribution >= 0.6 is 0 Å². The van der Waals surface area contributed by atoms with Crippen molar-refractivity contribution in [2.75, 3.05) is 31.2 Å². The zero-order chi connectivity index (χ0) is 24.9. The van der Waals surface area contributed by atoms with Crippen molar-refractivity contribution < 1.29 is 32.3 Å². The zero-order valence-electron chi connectivity index (χ0n) is 19.0. The number of amides is 3. The molecule has 186 valence electrons. The van der Waals surface area contributed by atoms with Crippen molar-refractivity contribution >= 4 is 23.4 Å². The molecule has 0 spiro atoms. The van der Waals surface area contributed by atoms with Crippen molar-refractivity contribution in [3.63, 3.8) is 0 Å². The molecule has 1 unspecified atom stereocenters. The molecule has 4 heterocycles. The van der Waals surface area contributed by atoms with Crippen LogP contribution in [0.3, 0.4) is 0 Å². The third kappa shape index (κ3) is 4.26. The van der Waals surface area contributed by atoms with Gasteiger partial charge >= 0.3 is 0 Å². The Morgan fingerprint density at radius 3 is 2.60 bits per heavy atom. The maximum absolute atomic E-state index is 13.6. The number of halogens is 3. The molecule has 0 saturated carbocycles. The summed E-state index contributed by atoms with van der Waals surface area (Å²) in [7, 11) is 0. The van der Waals surface area contributed by atoms with Crippen LogP contribution in [-0.4, -0.2) is 75.7 Å². The minimum Gasteiger partial charge on any atom is -0.370 e. The fourth-order valence-electron chi connectivity index (χ4n) is 4.98. The van der Waals surface area contributed by atoms with Crippen LogP contribution in [0.15, 0.2) is 18.3 Å². The van der Waals surface area contributed by atoms with Gasteiger partial charge in [-0.15, -0.1) is 0 Å². The Morgan fingerprint density at radius 1 is 1.14 bits per heavy atom. The van der Waals surface area contributed by atoms with Crippen molar-refractivity contribution in [2.45, 2.75) is 44.9 Å². The van der Waals surface area contributed by atoms with Crippen LogP contribution in [0.2, 0.25) is 0 Å². The van der Waals surface area contributed by atoms with Crippen LogP contribution in [0.5, 0.6) is 0 Å². The second kappa shape index (κ2) is 8.99. The summed E-state index contributed by atoms with van der Waals surface area (Å²) in [6.07, 6.45) is 1.48. The molecule has 1 aromatic carbocycles. The Balaban J connectivity index is 1.33. The number of morpholine rings is 1. The van der Waals surface area contributed by atoms with Crippen LogP contribution in [-0.2, 0) is 38.6 Å². The van der Waals surface area contributed by atoms with Gasteiger partial charge in [0.15, 0.2) is 17.5 Å². The van der Waals surface area contributed by atoms with E-state index in [-0.39, 0.29) is 61.4 Å². The Labute approximate surface area is 199 Å². The first-order chi connectivity index (χ1) is 16.7. The predicted molar refractivity (Wildman–Crippen MR) is 116 cm³/mol. The van der Waals surface area contributed by atoms with Crippen molar-refractivity contribution in [2.24, 2.45) is 0 Å². The van der Waals surface area contributed by atoms with E-state index in [0.717, 1.165) is 12.1 Å². The Bertz CT molecular complexity index is 1180. The number of aromatic nitrogens is 2. The molecule has 0 aliphatic carbocycles. The van der Waals surface area contributed by atoms with E-state index in [1.54, 1.807) is 25.6 Å². The first-order valence-electron chi connectivity index (χ1n) is 11.4. The van der Waals surface area contributed by atoms with E-state index in [9.17, 15) is 27.6 Å². The van der Waals surface area contributed by atoms with Crippen LogP contribution in [0.1, 0.15) is 24.6 Å². The van der Waals surface area contributed by atoms with Gasteiger partial charge in [0, 0.05) is 25.6 Å². The highest BCUT2D eigenvalue weighted by atomic mass is 19.2.